The number of nitrogens with two attached hydrogens (primary N) is 1. The van der Waals surface area contributed by atoms with Crippen molar-refractivity contribution >= 4 is 22.5 Å². The summed E-state index contributed by atoms with van der Waals surface area (Å²) in [6.45, 7) is 0.301. The van der Waals surface area contributed by atoms with Gasteiger partial charge in [0, 0.05) is 24.1 Å². The molecule has 0 radical (unpaired) electrons. The van der Waals surface area contributed by atoms with Crippen LogP contribution >= 0.6 is 0 Å². The number of rotatable bonds is 6. The lowest BCUT2D eigenvalue weighted by atomic mass is 10.1. The number of nitrogens with zero attached hydrogens (tertiary/aromatic N) is 2. The minimum absolute atomic E-state index is 0.0690. The summed E-state index contributed by atoms with van der Waals surface area (Å²) in [5, 5.41) is 11.5. The fourth-order valence-corrected chi connectivity index (χ4v) is 1.89. The quantitative estimate of drug-likeness (QED) is 0.272. The van der Waals surface area contributed by atoms with Gasteiger partial charge in [-0.15, -0.1) is 0 Å². The van der Waals surface area contributed by atoms with Crippen LogP contribution in [-0.2, 0) is 4.79 Å². The third-order valence-corrected chi connectivity index (χ3v) is 2.87. The van der Waals surface area contributed by atoms with E-state index in [2.05, 4.69) is 4.98 Å². The van der Waals surface area contributed by atoms with Crippen molar-refractivity contribution in [2.24, 2.45) is 5.84 Å². The maximum absolute atomic E-state index is 11.0. The van der Waals surface area contributed by atoms with E-state index in [1.54, 1.807) is 12.1 Å². The molecule has 1 aromatic heterocycles. The minimum Gasteiger partial charge on any atom is -0.493 e. The Balaban J connectivity index is 2.16. The normalized spacial score (nSPS) is 10.3. The molecule has 0 bridgehead atoms. The second kappa shape index (κ2) is 6.62. The van der Waals surface area contributed by atoms with E-state index in [9.17, 15) is 14.9 Å². The Morgan fingerprint density at radius 2 is 2.24 bits per heavy atom. The number of amides is 1. The molecule has 8 heteroatoms. The summed E-state index contributed by atoms with van der Waals surface area (Å²) >= 11 is 0. The zero-order chi connectivity index (χ0) is 15.2. The van der Waals surface area contributed by atoms with E-state index in [0.29, 0.717) is 24.2 Å². The molecule has 0 aliphatic carbocycles. The first-order valence-electron chi connectivity index (χ1n) is 6.28. The van der Waals surface area contributed by atoms with Gasteiger partial charge in [-0.3, -0.25) is 20.3 Å². The van der Waals surface area contributed by atoms with E-state index >= 15 is 0 Å². The number of pyridine rings is 1. The Labute approximate surface area is 120 Å². The molecule has 8 nitrogen and oxygen atoms in total. The van der Waals surface area contributed by atoms with Crippen LogP contribution in [0.15, 0.2) is 30.5 Å². The number of hydrogen-bond acceptors (Lipinski definition) is 6. The third-order valence-electron chi connectivity index (χ3n) is 2.87. The van der Waals surface area contributed by atoms with E-state index < -0.39 is 4.92 Å². The number of nitro benzene ring substituents is 1. The molecule has 1 aromatic carbocycles. The molecule has 0 aliphatic heterocycles. The molecule has 1 amide bonds. The van der Waals surface area contributed by atoms with Crippen molar-refractivity contribution in [3.63, 3.8) is 0 Å². The molecule has 1 heterocycles. The predicted octanol–water partition coefficient (Wildman–Crippen LogP) is 1.29. The van der Waals surface area contributed by atoms with Crippen LogP contribution in [0, 0.1) is 10.1 Å². The van der Waals surface area contributed by atoms with E-state index in [1.165, 1.54) is 18.3 Å². The van der Waals surface area contributed by atoms with Crippen molar-refractivity contribution in [3.05, 3.63) is 40.6 Å². The molecular weight excluding hydrogens is 276 g/mol. The van der Waals surface area contributed by atoms with Crippen LogP contribution < -0.4 is 16.0 Å². The molecule has 0 spiro atoms. The highest BCUT2D eigenvalue weighted by molar-refractivity contribution is 5.91. The lowest BCUT2D eigenvalue weighted by Gasteiger charge is -2.09. The minimum atomic E-state index is -0.481. The van der Waals surface area contributed by atoms with Gasteiger partial charge in [0.1, 0.15) is 5.75 Å². The second-order valence-electron chi connectivity index (χ2n) is 4.26. The SMILES string of the molecule is NNC(=O)CCCOc1ccc([N+](=O)[O-])c2ncccc12. The first-order chi connectivity index (χ1) is 10.1. The Kier molecular flexibility index (Phi) is 4.62. The zero-order valence-corrected chi connectivity index (χ0v) is 11.1. The second-order valence-corrected chi connectivity index (χ2v) is 4.26. The first-order valence-corrected chi connectivity index (χ1v) is 6.28. The largest absolute Gasteiger partial charge is 0.493 e. The Bertz CT molecular complexity index is 674. The number of carbonyl (C=O) groups excluding carboxylic acids is 1. The number of hydrazine groups is 1. The van der Waals surface area contributed by atoms with Gasteiger partial charge in [0.15, 0.2) is 5.52 Å². The molecule has 0 aliphatic rings. The van der Waals surface area contributed by atoms with Crippen LogP contribution in [0.2, 0.25) is 0 Å². The molecule has 2 aromatic rings. The van der Waals surface area contributed by atoms with Crippen LogP contribution in [0.25, 0.3) is 10.9 Å². The highest BCUT2D eigenvalue weighted by atomic mass is 16.6. The third kappa shape index (κ3) is 3.42. The molecule has 0 saturated carbocycles. The maximum atomic E-state index is 11.0. The molecule has 21 heavy (non-hydrogen) atoms. The number of ether oxygens (including phenoxy) is 1. The Morgan fingerprint density at radius 3 is 2.95 bits per heavy atom. The van der Waals surface area contributed by atoms with Crippen molar-refractivity contribution in [1.29, 1.82) is 0 Å². The molecule has 0 saturated heterocycles. The molecule has 3 N–H and O–H groups in total. The zero-order valence-electron chi connectivity index (χ0n) is 11.1. The number of aromatic nitrogens is 1. The van der Waals surface area contributed by atoms with Crippen molar-refractivity contribution in [3.8, 4) is 5.75 Å². The van der Waals surface area contributed by atoms with E-state index in [1.807, 2.05) is 5.43 Å². The molecule has 0 fully saturated rings. The molecule has 0 unspecified atom stereocenters. The smallest absolute Gasteiger partial charge is 0.295 e. The summed E-state index contributed by atoms with van der Waals surface area (Å²) in [7, 11) is 0. The van der Waals surface area contributed by atoms with E-state index in [4.69, 9.17) is 10.6 Å². The standard InChI is InChI=1S/C13H14N4O4/c14-16-12(18)4-2-8-21-11-6-5-10(17(19)20)13-9(11)3-1-7-15-13/h1,3,5-7H,2,4,8,14H2,(H,16,18). The first kappa shape index (κ1) is 14.7. The topological polar surface area (TPSA) is 120 Å². The van der Waals surface area contributed by atoms with Gasteiger partial charge in [-0.05, 0) is 24.6 Å². The number of benzene rings is 1. The average Bonchev–Trinajstić information content (AvgIpc) is 2.50. The maximum Gasteiger partial charge on any atom is 0.295 e. The van der Waals surface area contributed by atoms with Crippen LogP contribution in [0.4, 0.5) is 5.69 Å². The van der Waals surface area contributed by atoms with Gasteiger partial charge in [-0.2, -0.15) is 0 Å². The average molecular weight is 290 g/mol. The lowest BCUT2D eigenvalue weighted by Crippen LogP contribution is -2.29. The van der Waals surface area contributed by atoms with Crippen molar-refractivity contribution in [2.75, 3.05) is 6.61 Å². The van der Waals surface area contributed by atoms with Crippen molar-refractivity contribution in [2.45, 2.75) is 12.8 Å². The Hall–Kier alpha value is -2.74. The van der Waals surface area contributed by atoms with Gasteiger partial charge in [0.05, 0.1) is 11.5 Å². The highest BCUT2D eigenvalue weighted by Crippen LogP contribution is 2.31. The van der Waals surface area contributed by atoms with Gasteiger partial charge >= 0.3 is 0 Å². The number of nitrogens with one attached hydrogen (secondary N) is 1. The Morgan fingerprint density at radius 1 is 1.43 bits per heavy atom. The highest BCUT2D eigenvalue weighted by Gasteiger charge is 2.15. The molecule has 0 atom stereocenters. The van der Waals surface area contributed by atoms with Gasteiger partial charge in [-0.25, -0.2) is 10.8 Å². The van der Waals surface area contributed by atoms with Crippen LogP contribution in [0.1, 0.15) is 12.8 Å². The molecule has 110 valence electrons. The summed E-state index contributed by atoms with van der Waals surface area (Å²) < 4.78 is 5.57. The number of nitro groups is 1. The molecular formula is C13H14N4O4. The summed E-state index contributed by atoms with van der Waals surface area (Å²) in [5.41, 5.74) is 2.24. The van der Waals surface area contributed by atoms with Crippen molar-refractivity contribution < 1.29 is 14.5 Å². The number of non-ortho nitro benzene ring substituents is 1. The van der Waals surface area contributed by atoms with Gasteiger partial charge < -0.3 is 4.74 Å². The van der Waals surface area contributed by atoms with Gasteiger partial charge in [0.25, 0.3) is 5.69 Å². The fraction of sp³-hybridized carbons (Fsp3) is 0.231. The lowest BCUT2D eigenvalue weighted by molar-refractivity contribution is -0.383. The number of carbonyl (C=O) groups is 1. The van der Waals surface area contributed by atoms with Crippen molar-refractivity contribution in [1.82, 2.24) is 10.4 Å². The summed E-state index contributed by atoms with van der Waals surface area (Å²) in [6, 6.07) is 6.28. The summed E-state index contributed by atoms with van der Waals surface area (Å²) in [6.07, 6.45) is 2.23. The summed E-state index contributed by atoms with van der Waals surface area (Å²) in [4.78, 5) is 25.5. The van der Waals surface area contributed by atoms with E-state index in [0.717, 1.165) is 0 Å². The van der Waals surface area contributed by atoms with E-state index in [-0.39, 0.29) is 23.5 Å². The number of fused-ring (bicyclic) bond motifs is 1. The predicted molar refractivity (Wildman–Crippen MR) is 75.5 cm³/mol. The molecule has 2 rings (SSSR count). The summed E-state index contributed by atoms with van der Waals surface area (Å²) in [5.74, 6) is 5.20. The van der Waals surface area contributed by atoms with Gasteiger partial charge in [-0.1, -0.05) is 0 Å². The van der Waals surface area contributed by atoms with Crippen LogP contribution in [0.3, 0.4) is 0 Å². The van der Waals surface area contributed by atoms with Crippen LogP contribution in [-0.4, -0.2) is 22.4 Å². The van der Waals surface area contributed by atoms with Crippen LogP contribution in [0.5, 0.6) is 5.75 Å². The monoisotopic (exact) mass is 290 g/mol. The van der Waals surface area contributed by atoms with Gasteiger partial charge in [0.2, 0.25) is 5.91 Å². The number of hydrogen-bond donors (Lipinski definition) is 2. The fourth-order valence-electron chi connectivity index (χ4n) is 1.89.